The number of anilines is 1. The van der Waals surface area contributed by atoms with Gasteiger partial charge in [-0.15, -0.1) is 0 Å². The number of hydrogen-bond donors (Lipinski definition) is 1. The molecule has 0 saturated carbocycles. The van der Waals surface area contributed by atoms with Crippen LogP contribution in [0.1, 0.15) is 41.0 Å². The molecule has 1 saturated heterocycles. The lowest BCUT2D eigenvalue weighted by Gasteiger charge is -2.26. The third-order valence-electron chi connectivity index (χ3n) is 5.03. The highest BCUT2D eigenvalue weighted by atomic mass is 32.2. The Morgan fingerprint density at radius 1 is 1.08 bits per heavy atom. The number of para-hydroxylation sites is 1. The second kappa shape index (κ2) is 7.15. The van der Waals surface area contributed by atoms with Crippen LogP contribution in [0.3, 0.4) is 0 Å². The van der Waals surface area contributed by atoms with E-state index < -0.39 is 10.0 Å². The van der Waals surface area contributed by atoms with Gasteiger partial charge in [-0.2, -0.15) is 0 Å². The average Bonchev–Trinajstić information content (AvgIpc) is 2.93. The monoisotopic (exact) mass is 375 g/mol. The molecule has 2 aromatic rings. The van der Waals surface area contributed by atoms with Gasteiger partial charge in [0.25, 0.3) is 15.9 Å². The predicted molar refractivity (Wildman–Crippen MR) is 102 cm³/mol. The number of nitrogens with zero attached hydrogens (tertiary/aromatic N) is 2. The topological polar surface area (TPSA) is 71.4 Å². The third-order valence-corrected chi connectivity index (χ3v) is 6.51. The van der Waals surface area contributed by atoms with Crippen molar-refractivity contribution in [3.05, 3.63) is 47.3 Å². The zero-order valence-corrected chi connectivity index (χ0v) is 16.3. The van der Waals surface area contributed by atoms with Crippen molar-refractivity contribution in [2.24, 2.45) is 7.05 Å². The fourth-order valence-corrected chi connectivity index (χ4v) is 4.72. The number of nitrogens with one attached hydrogen (secondary N) is 1. The number of carbonyl (C=O) groups excluding carboxylic acids is 1. The molecule has 0 spiro atoms. The molecule has 1 N–H and O–H groups in total. The number of rotatable bonds is 4. The van der Waals surface area contributed by atoms with Gasteiger partial charge in [-0.25, -0.2) is 8.42 Å². The molecule has 1 fully saturated rings. The van der Waals surface area contributed by atoms with Crippen LogP contribution in [0.4, 0.5) is 5.69 Å². The first-order chi connectivity index (χ1) is 12.3. The zero-order chi connectivity index (χ0) is 18.9. The summed E-state index contributed by atoms with van der Waals surface area (Å²) in [6, 6.07) is 8.71. The maximum Gasteiger partial charge on any atom is 0.270 e. The van der Waals surface area contributed by atoms with Crippen LogP contribution in [-0.2, 0) is 17.1 Å². The van der Waals surface area contributed by atoms with Gasteiger partial charge >= 0.3 is 0 Å². The predicted octanol–water partition coefficient (Wildman–Crippen LogP) is 3.07. The first-order valence-corrected chi connectivity index (χ1v) is 10.3. The minimum absolute atomic E-state index is 0.104. The SMILES string of the molecule is Cc1ccccc1NS(=O)(=O)c1cc(C(=O)N2CCCCC2)n(C)c1C. The van der Waals surface area contributed by atoms with Gasteiger partial charge in [0.15, 0.2) is 0 Å². The standard InChI is InChI=1S/C19H25N3O3S/c1-14-9-5-6-10-16(14)20-26(24,25)18-13-17(21(3)15(18)2)19(23)22-11-7-4-8-12-22/h5-6,9-10,13,20H,4,7-8,11-12H2,1-3H3. The van der Waals surface area contributed by atoms with Gasteiger partial charge in [0.2, 0.25) is 0 Å². The Morgan fingerprint density at radius 3 is 2.38 bits per heavy atom. The fourth-order valence-electron chi connectivity index (χ4n) is 3.29. The van der Waals surface area contributed by atoms with E-state index in [2.05, 4.69) is 4.72 Å². The third kappa shape index (κ3) is 3.49. The van der Waals surface area contributed by atoms with Gasteiger partial charge < -0.3 is 9.47 Å². The highest BCUT2D eigenvalue weighted by Gasteiger charge is 2.27. The molecule has 1 aliphatic heterocycles. The van der Waals surface area contributed by atoms with Crippen LogP contribution < -0.4 is 4.72 Å². The van der Waals surface area contributed by atoms with Crippen LogP contribution in [-0.4, -0.2) is 36.9 Å². The van der Waals surface area contributed by atoms with Crippen LogP contribution in [0, 0.1) is 13.8 Å². The Labute approximate surface area is 154 Å². The number of carbonyl (C=O) groups is 1. The van der Waals surface area contributed by atoms with E-state index in [1.54, 1.807) is 30.7 Å². The lowest BCUT2D eigenvalue weighted by molar-refractivity contribution is 0.0714. The summed E-state index contributed by atoms with van der Waals surface area (Å²) in [4.78, 5) is 14.8. The maximum absolute atomic E-state index is 12.9. The molecule has 1 aromatic heterocycles. The minimum atomic E-state index is -3.77. The summed E-state index contributed by atoms with van der Waals surface area (Å²) >= 11 is 0. The number of likely N-dealkylation sites (tertiary alicyclic amines) is 1. The van der Waals surface area contributed by atoms with Crippen LogP contribution in [0.25, 0.3) is 0 Å². The van der Waals surface area contributed by atoms with E-state index in [0.29, 0.717) is 17.1 Å². The van der Waals surface area contributed by atoms with Crippen molar-refractivity contribution < 1.29 is 13.2 Å². The molecule has 0 atom stereocenters. The van der Waals surface area contributed by atoms with Crippen molar-refractivity contribution in [1.82, 2.24) is 9.47 Å². The molecule has 0 radical (unpaired) electrons. The summed E-state index contributed by atoms with van der Waals surface area (Å²) in [6.45, 7) is 5.03. The molecule has 2 heterocycles. The molecular weight excluding hydrogens is 350 g/mol. The molecule has 26 heavy (non-hydrogen) atoms. The summed E-state index contributed by atoms with van der Waals surface area (Å²) in [5.41, 5.74) is 2.34. The molecule has 0 bridgehead atoms. The number of amides is 1. The first kappa shape index (κ1) is 18.5. The van der Waals surface area contributed by atoms with E-state index in [1.165, 1.54) is 6.07 Å². The van der Waals surface area contributed by atoms with Crippen molar-refractivity contribution in [3.63, 3.8) is 0 Å². The van der Waals surface area contributed by atoms with Gasteiger partial charge in [0.05, 0.1) is 5.69 Å². The van der Waals surface area contributed by atoms with Crippen LogP contribution >= 0.6 is 0 Å². The Kier molecular flexibility index (Phi) is 5.09. The fraction of sp³-hybridized carbons (Fsp3) is 0.421. The van der Waals surface area contributed by atoms with Gasteiger partial charge in [-0.05, 0) is 50.8 Å². The number of aromatic nitrogens is 1. The summed E-state index contributed by atoms with van der Waals surface area (Å²) < 4.78 is 30.1. The van der Waals surface area contributed by atoms with Gasteiger partial charge in [-0.3, -0.25) is 9.52 Å². The summed E-state index contributed by atoms with van der Waals surface area (Å²) in [5, 5.41) is 0. The molecule has 6 nitrogen and oxygen atoms in total. The Morgan fingerprint density at radius 2 is 1.73 bits per heavy atom. The first-order valence-electron chi connectivity index (χ1n) is 8.85. The lowest BCUT2D eigenvalue weighted by Crippen LogP contribution is -2.36. The highest BCUT2D eigenvalue weighted by Crippen LogP contribution is 2.25. The lowest BCUT2D eigenvalue weighted by atomic mass is 10.1. The highest BCUT2D eigenvalue weighted by molar-refractivity contribution is 7.92. The number of sulfonamides is 1. The van der Waals surface area contributed by atoms with E-state index in [-0.39, 0.29) is 10.8 Å². The molecule has 7 heteroatoms. The number of hydrogen-bond acceptors (Lipinski definition) is 3. The van der Waals surface area contributed by atoms with Crippen molar-refractivity contribution in [2.45, 2.75) is 38.0 Å². The molecule has 1 aliphatic rings. The van der Waals surface area contributed by atoms with Crippen molar-refractivity contribution >= 4 is 21.6 Å². The summed E-state index contributed by atoms with van der Waals surface area (Å²) in [5.74, 6) is -0.104. The van der Waals surface area contributed by atoms with Gasteiger partial charge in [0.1, 0.15) is 10.6 Å². The van der Waals surface area contributed by atoms with Crippen LogP contribution in [0.15, 0.2) is 35.2 Å². The van der Waals surface area contributed by atoms with E-state index in [4.69, 9.17) is 0 Å². The van der Waals surface area contributed by atoms with Crippen LogP contribution in [0.5, 0.6) is 0 Å². The number of piperidine rings is 1. The molecule has 0 unspecified atom stereocenters. The molecular formula is C19H25N3O3S. The molecule has 1 aromatic carbocycles. The van der Waals surface area contributed by atoms with E-state index in [9.17, 15) is 13.2 Å². The zero-order valence-electron chi connectivity index (χ0n) is 15.4. The number of aryl methyl sites for hydroxylation is 1. The van der Waals surface area contributed by atoms with E-state index >= 15 is 0 Å². The number of benzene rings is 1. The molecule has 3 rings (SSSR count). The average molecular weight is 375 g/mol. The second-order valence-corrected chi connectivity index (χ2v) is 8.46. The Bertz CT molecular complexity index is 926. The van der Waals surface area contributed by atoms with Crippen molar-refractivity contribution in [2.75, 3.05) is 17.8 Å². The van der Waals surface area contributed by atoms with Gasteiger partial charge in [0, 0.05) is 25.8 Å². The smallest absolute Gasteiger partial charge is 0.270 e. The Balaban J connectivity index is 1.93. The Hall–Kier alpha value is -2.28. The minimum Gasteiger partial charge on any atom is -0.343 e. The summed E-state index contributed by atoms with van der Waals surface area (Å²) in [6.07, 6.45) is 3.13. The van der Waals surface area contributed by atoms with E-state index in [0.717, 1.165) is 37.9 Å². The van der Waals surface area contributed by atoms with Crippen molar-refractivity contribution in [1.29, 1.82) is 0 Å². The molecule has 1 amide bonds. The maximum atomic E-state index is 12.9. The largest absolute Gasteiger partial charge is 0.343 e. The molecule has 0 aliphatic carbocycles. The normalized spacial score (nSPS) is 15.1. The molecule has 140 valence electrons. The second-order valence-electron chi connectivity index (χ2n) is 6.81. The van der Waals surface area contributed by atoms with Gasteiger partial charge in [-0.1, -0.05) is 18.2 Å². The van der Waals surface area contributed by atoms with Crippen molar-refractivity contribution in [3.8, 4) is 0 Å². The van der Waals surface area contributed by atoms with Crippen LogP contribution in [0.2, 0.25) is 0 Å². The summed E-state index contributed by atoms with van der Waals surface area (Å²) in [7, 11) is -2.04. The quantitative estimate of drug-likeness (QED) is 0.893. The van der Waals surface area contributed by atoms with E-state index in [1.807, 2.05) is 24.0 Å².